The molecule has 0 spiro atoms. The van der Waals surface area contributed by atoms with Crippen LogP contribution >= 0.6 is 0 Å². The van der Waals surface area contributed by atoms with E-state index in [0.717, 1.165) is 12.1 Å². The van der Waals surface area contributed by atoms with Crippen LogP contribution in [-0.4, -0.2) is 58.7 Å². The molecule has 0 N–H and O–H groups in total. The van der Waals surface area contributed by atoms with Gasteiger partial charge in [-0.05, 0) is 30.3 Å². The number of carbonyl (C=O) groups excluding carboxylic acids is 2. The number of hydrogen-bond acceptors (Lipinski definition) is 5. The Hall–Kier alpha value is -3.76. The molecule has 0 atom stereocenters. The lowest BCUT2D eigenvalue weighted by atomic mass is 10.1. The number of ether oxygens (including phenoxy) is 1. The number of fused-ring (bicyclic) bond motifs is 1. The van der Waals surface area contributed by atoms with Crippen molar-refractivity contribution in [3.63, 3.8) is 0 Å². The number of para-hydroxylation sites is 2. The molecule has 4 rings (SSSR count). The molecule has 0 bridgehead atoms. The predicted octanol–water partition coefficient (Wildman–Crippen LogP) is 2.25. The quantitative estimate of drug-likeness (QED) is 0.528. The molecule has 1 aliphatic heterocycles. The van der Waals surface area contributed by atoms with Crippen LogP contribution in [0.2, 0.25) is 0 Å². The standard InChI is InChI=1S/C23H23F3N4O4/c1-27-18-7-2-3-8-19(18)30(22(27)33)14-21(32)34-15-20(31)29-11-9-28(10-12-29)17-6-4-5-16(13-17)23(24,25)26/h2-8,13H,9-12,14-15H2,1H3. The van der Waals surface area contributed by atoms with Crippen LogP contribution < -0.4 is 10.6 Å². The minimum absolute atomic E-state index is 0.287. The summed E-state index contributed by atoms with van der Waals surface area (Å²) < 4.78 is 46.7. The van der Waals surface area contributed by atoms with Gasteiger partial charge in [0.1, 0.15) is 6.54 Å². The molecule has 1 fully saturated rings. The van der Waals surface area contributed by atoms with Crippen molar-refractivity contribution < 1.29 is 27.5 Å². The van der Waals surface area contributed by atoms with Gasteiger partial charge in [0.15, 0.2) is 6.61 Å². The fraction of sp³-hybridized carbons (Fsp3) is 0.348. The molecule has 1 aliphatic rings. The lowest BCUT2D eigenvalue weighted by molar-refractivity contribution is -0.152. The van der Waals surface area contributed by atoms with Crippen molar-refractivity contribution in [2.45, 2.75) is 12.7 Å². The highest BCUT2D eigenvalue weighted by Crippen LogP contribution is 2.31. The summed E-state index contributed by atoms with van der Waals surface area (Å²) in [6.45, 7) is 0.488. The third-order valence-corrected chi connectivity index (χ3v) is 5.87. The fourth-order valence-corrected chi connectivity index (χ4v) is 4.02. The molecule has 1 aromatic heterocycles. The number of rotatable bonds is 5. The summed E-state index contributed by atoms with van der Waals surface area (Å²) >= 11 is 0. The van der Waals surface area contributed by atoms with Crippen molar-refractivity contribution in [2.24, 2.45) is 7.05 Å². The summed E-state index contributed by atoms with van der Waals surface area (Å²) in [7, 11) is 1.61. The smallest absolute Gasteiger partial charge is 0.416 e. The topological polar surface area (TPSA) is 76.8 Å². The number of nitrogens with zero attached hydrogens (tertiary/aromatic N) is 4. The summed E-state index contributed by atoms with van der Waals surface area (Å²) in [5, 5.41) is 0. The zero-order valence-electron chi connectivity index (χ0n) is 18.4. The maximum Gasteiger partial charge on any atom is 0.416 e. The van der Waals surface area contributed by atoms with Gasteiger partial charge in [-0.2, -0.15) is 13.2 Å². The number of amides is 1. The minimum atomic E-state index is -4.42. The number of imidazole rings is 1. The van der Waals surface area contributed by atoms with E-state index in [1.165, 1.54) is 20.1 Å². The zero-order chi connectivity index (χ0) is 24.5. The summed E-state index contributed by atoms with van der Waals surface area (Å²) in [6, 6.07) is 12.1. The van der Waals surface area contributed by atoms with Crippen LogP contribution in [0.15, 0.2) is 53.3 Å². The predicted molar refractivity (Wildman–Crippen MR) is 118 cm³/mol. The SMILES string of the molecule is Cn1c(=O)n(CC(=O)OCC(=O)N2CCN(c3cccc(C(F)(F)F)c3)CC2)c2ccccc21. The molecule has 1 amide bonds. The maximum absolute atomic E-state index is 13.0. The molecule has 0 unspecified atom stereocenters. The van der Waals surface area contributed by atoms with Crippen LogP contribution in [0.4, 0.5) is 18.9 Å². The number of benzene rings is 2. The molecular formula is C23H23F3N4O4. The Morgan fingerprint density at radius 1 is 0.971 bits per heavy atom. The molecule has 34 heavy (non-hydrogen) atoms. The summed E-state index contributed by atoms with van der Waals surface area (Å²) in [5.74, 6) is -1.11. The second kappa shape index (κ2) is 9.24. The first-order valence-corrected chi connectivity index (χ1v) is 10.6. The van der Waals surface area contributed by atoms with E-state index in [2.05, 4.69) is 0 Å². The Labute approximate surface area is 192 Å². The van der Waals surface area contributed by atoms with Crippen LogP contribution in [0.5, 0.6) is 0 Å². The summed E-state index contributed by atoms with van der Waals surface area (Å²) in [5.41, 5.74) is 0.615. The van der Waals surface area contributed by atoms with Crippen LogP contribution in [0, 0.1) is 0 Å². The molecule has 180 valence electrons. The van der Waals surface area contributed by atoms with E-state index in [0.29, 0.717) is 29.8 Å². The second-order valence-corrected chi connectivity index (χ2v) is 7.99. The van der Waals surface area contributed by atoms with Crippen molar-refractivity contribution >= 4 is 28.6 Å². The van der Waals surface area contributed by atoms with Gasteiger partial charge in [0.2, 0.25) is 0 Å². The first kappa shape index (κ1) is 23.4. The van der Waals surface area contributed by atoms with Crippen molar-refractivity contribution in [1.82, 2.24) is 14.0 Å². The lowest BCUT2D eigenvalue weighted by Gasteiger charge is -2.36. The van der Waals surface area contributed by atoms with Gasteiger partial charge in [-0.15, -0.1) is 0 Å². The number of halogens is 3. The monoisotopic (exact) mass is 476 g/mol. The van der Waals surface area contributed by atoms with E-state index in [1.54, 1.807) is 42.3 Å². The van der Waals surface area contributed by atoms with Gasteiger partial charge in [-0.1, -0.05) is 18.2 Å². The van der Waals surface area contributed by atoms with Gasteiger partial charge < -0.3 is 14.5 Å². The Morgan fingerprint density at radius 3 is 2.32 bits per heavy atom. The number of aromatic nitrogens is 2. The Balaban J connectivity index is 1.30. The molecule has 0 radical (unpaired) electrons. The zero-order valence-corrected chi connectivity index (χ0v) is 18.4. The molecule has 0 saturated carbocycles. The number of carbonyl (C=O) groups is 2. The fourth-order valence-electron chi connectivity index (χ4n) is 4.02. The number of anilines is 1. The number of hydrogen-bond donors (Lipinski definition) is 0. The van der Waals surface area contributed by atoms with Gasteiger partial charge in [0, 0.05) is 38.9 Å². The van der Waals surface area contributed by atoms with Gasteiger partial charge in [0.25, 0.3) is 5.91 Å². The van der Waals surface area contributed by atoms with E-state index < -0.39 is 30.2 Å². The highest BCUT2D eigenvalue weighted by atomic mass is 19.4. The lowest BCUT2D eigenvalue weighted by Crippen LogP contribution is -2.50. The largest absolute Gasteiger partial charge is 0.454 e. The molecular weight excluding hydrogens is 453 g/mol. The number of esters is 1. The van der Waals surface area contributed by atoms with Crippen LogP contribution in [0.1, 0.15) is 5.56 Å². The van der Waals surface area contributed by atoms with Crippen LogP contribution in [0.25, 0.3) is 11.0 Å². The minimum Gasteiger partial charge on any atom is -0.454 e. The van der Waals surface area contributed by atoms with E-state index >= 15 is 0 Å². The van der Waals surface area contributed by atoms with Crippen LogP contribution in [0.3, 0.4) is 0 Å². The first-order valence-electron chi connectivity index (χ1n) is 10.6. The van der Waals surface area contributed by atoms with Crippen molar-refractivity contribution in [3.8, 4) is 0 Å². The van der Waals surface area contributed by atoms with Gasteiger partial charge in [-0.3, -0.25) is 18.7 Å². The number of piperazine rings is 1. The Morgan fingerprint density at radius 2 is 1.65 bits per heavy atom. The average Bonchev–Trinajstić information content (AvgIpc) is 3.07. The normalized spacial score (nSPS) is 14.5. The van der Waals surface area contributed by atoms with Crippen molar-refractivity contribution in [1.29, 1.82) is 0 Å². The Bertz CT molecular complexity index is 1270. The van der Waals surface area contributed by atoms with Gasteiger partial charge in [0.05, 0.1) is 16.6 Å². The third-order valence-electron chi connectivity index (χ3n) is 5.87. The average molecular weight is 476 g/mol. The summed E-state index contributed by atoms with van der Waals surface area (Å²) in [6.07, 6.45) is -4.42. The van der Waals surface area contributed by atoms with E-state index in [9.17, 15) is 27.6 Å². The van der Waals surface area contributed by atoms with Crippen LogP contribution in [-0.2, 0) is 34.1 Å². The van der Waals surface area contributed by atoms with Crippen molar-refractivity contribution in [2.75, 3.05) is 37.7 Å². The Kier molecular flexibility index (Phi) is 6.36. The van der Waals surface area contributed by atoms with Gasteiger partial charge >= 0.3 is 17.8 Å². The summed E-state index contributed by atoms with van der Waals surface area (Å²) in [4.78, 5) is 40.5. The molecule has 2 heterocycles. The molecule has 2 aromatic carbocycles. The van der Waals surface area contributed by atoms with E-state index in [4.69, 9.17) is 4.74 Å². The highest BCUT2D eigenvalue weighted by Gasteiger charge is 2.31. The van der Waals surface area contributed by atoms with Crippen molar-refractivity contribution in [3.05, 3.63) is 64.6 Å². The van der Waals surface area contributed by atoms with E-state index in [1.807, 2.05) is 0 Å². The van der Waals surface area contributed by atoms with Gasteiger partial charge in [-0.25, -0.2) is 4.79 Å². The third kappa shape index (κ3) is 4.78. The molecule has 1 saturated heterocycles. The number of aryl methyl sites for hydroxylation is 1. The molecule has 11 heteroatoms. The first-order chi connectivity index (χ1) is 16.1. The highest BCUT2D eigenvalue weighted by molar-refractivity contribution is 5.82. The number of alkyl halides is 3. The molecule has 8 nitrogen and oxygen atoms in total. The molecule has 3 aromatic rings. The maximum atomic E-state index is 13.0. The molecule has 0 aliphatic carbocycles. The van der Waals surface area contributed by atoms with E-state index in [-0.39, 0.29) is 25.3 Å². The second-order valence-electron chi connectivity index (χ2n) is 7.99.